The van der Waals surface area contributed by atoms with Gasteiger partial charge < -0.3 is 9.84 Å². The smallest absolute Gasteiger partial charge is 0.317 e. The zero-order chi connectivity index (χ0) is 20.2. The van der Waals surface area contributed by atoms with Crippen LogP contribution >= 0.6 is 15.9 Å². The summed E-state index contributed by atoms with van der Waals surface area (Å²) in [4.78, 5) is 21.5. The average molecular weight is 449 g/mol. The van der Waals surface area contributed by atoms with Gasteiger partial charge in [0.1, 0.15) is 4.83 Å². The van der Waals surface area contributed by atoms with E-state index in [2.05, 4.69) is 15.9 Å². The third kappa shape index (κ3) is 20.0. The molecule has 0 fully saturated rings. The fraction of sp³-hybridized carbons (Fsp3) is 0.909. The van der Waals surface area contributed by atoms with Gasteiger partial charge in [-0.3, -0.25) is 9.59 Å². The van der Waals surface area contributed by atoms with Crippen molar-refractivity contribution in [2.75, 3.05) is 6.61 Å². The lowest BCUT2D eigenvalue weighted by atomic mass is 10.0. The second kappa shape index (κ2) is 20.2. The summed E-state index contributed by atoms with van der Waals surface area (Å²) in [6.45, 7) is 2.34. The highest BCUT2D eigenvalue weighted by Gasteiger charge is 2.11. The molecule has 0 aromatic carbocycles. The van der Waals surface area contributed by atoms with Crippen LogP contribution in [-0.2, 0) is 14.3 Å². The summed E-state index contributed by atoms with van der Waals surface area (Å²) in [7, 11) is 0. The zero-order valence-electron chi connectivity index (χ0n) is 17.4. The lowest BCUT2D eigenvalue weighted by Crippen LogP contribution is -2.11. The van der Waals surface area contributed by atoms with Crippen molar-refractivity contribution in [2.45, 2.75) is 121 Å². The molecule has 27 heavy (non-hydrogen) atoms. The van der Waals surface area contributed by atoms with Gasteiger partial charge in [-0.25, -0.2) is 0 Å². The van der Waals surface area contributed by atoms with Crippen LogP contribution in [0.25, 0.3) is 0 Å². The number of halogens is 1. The number of unbranched alkanes of at least 4 members (excludes halogenated alkanes) is 14. The number of alkyl halides is 1. The van der Waals surface area contributed by atoms with Crippen molar-refractivity contribution >= 4 is 27.9 Å². The third-order valence-electron chi connectivity index (χ3n) is 4.91. The molecule has 1 N–H and O–H groups in total. The second-order valence-corrected chi connectivity index (χ2v) is 8.56. The number of rotatable bonds is 20. The number of carbonyl (C=O) groups excluding carboxylic acids is 1. The van der Waals surface area contributed by atoms with E-state index in [1.807, 2.05) is 6.92 Å². The standard InChI is InChI=1S/C22H41BrO4/c1-2-27-21(24)19-17-15-13-11-9-7-5-3-4-6-8-10-12-14-16-18-20(23)22(25)26/h20H,2-19H2,1H3,(H,25,26). The maximum Gasteiger partial charge on any atom is 0.317 e. The fourth-order valence-electron chi connectivity index (χ4n) is 3.25. The summed E-state index contributed by atoms with van der Waals surface area (Å²) in [6.07, 6.45) is 20.0. The molecule has 0 radical (unpaired) electrons. The molecule has 0 spiro atoms. The lowest BCUT2D eigenvalue weighted by molar-refractivity contribution is -0.143. The topological polar surface area (TPSA) is 63.6 Å². The quantitative estimate of drug-likeness (QED) is 0.123. The zero-order valence-corrected chi connectivity index (χ0v) is 18.9. The molecule has 0 aromatic rings. The number of aliphatic carboxylic acids is 1. The van der Waals surface area contributed by atoms with E-state index in [9.17, 15) is 9.59 Å². The van der Waals surface area contributed by atoms with Crippen LogP contribution in [0.5, 0.6) is 0 Å². The van der Waals surface area contributed by atoms with Crippen molar-refractivity contribution in [3.05, 3.63) is 0 Å². The minimum absolute atomic E-state index is 0.0525. The van der Waals surface area contributed by atoms with Crippen LogP contribution in [-0.4, -0.2) is 28.5 Å². The average Bonchev–Trinajstić information content (AvgIpc) is 2.64. The number of hydrogen-bond acceptors (Lipinski definition) is 3. The Morgan fingerprint density at radius 3 is 1.48 bits per heavy atom. The third-order valence-corrected chi connectivity index (χ3v) is 5.76. The highest BCUT2D eigenvalue weighted by Crippen LogP contribution is 2.15. The number of ether oxygens (including phenoxy) is 1. The summed E-state index contributed by atoms with van der Waals surface area (Å²) in [5, 5.41) is 8.78. The molecule has 0 aliphatic heterocycles. The molecular weight excluding hydrogens is 408 g/mol. The Labute approximate surface area is 175 Å². The molecule has 0 bridgehead atoms. The molecule has 0 aliphatic carbocycles. The lowest BCUT2D eigenvalue weighted by Gasteiger charge is -2.05. The van der Waals surface area contributed by atoms with Crippen LogP contribution in [0.3, 0.4) is 0 Å². The molecule has 0 heterocycles. The van der Waals surface area contributed by atoms with Crippen molar-refractivity contribution in [1.29, 1.82) is 0 Å². The van der Waals surface area contributed by atoms with Crippen molar-refractivity contribution in [3.63, 3.8) is 0 Å². The molecule has 4 nitrogen and oxygen atoms in total. The van der Waals surface area contributed by atoms with Gasteiger partial charge in [-0.15, -0.1) is 0 Å². The van der Waals surface area contributed by atoms with Gasteiger partial charge in [0, 0.05) is 6.42 Å². The first-order valence-electron chi connectivity index (χ1n) is 11.1. The van der Waals surface area contributed by atoms with Crippen LogP contribution in [0.15, 0.2) is 0 Å². The summed E-state index contributed by atoms with van der Waals surface area (Å²) in [5.41, 5.74) is 0. The van der Waals surface area contributed by atoms with Crippen LogP contribution in [0.1, 0.15) is 116 Å². The van der Waals surface area contributed by atoms with Crippen LogP contribution < -0.4 is 0 Å². The SMILES string of the molecule is CCOC(=O)CCCCCCCCCCCCCCCCCC(Br)C(=O)O. The van der Waals surface area contributed by atoms with Gasteiger partial charge in [0.25, 0.3) is 0 Å². The van der Waals surface area contributed by atoms with Crippen molar-refractivity contribution < 1.29 is 19.4 Å². The predicted molar refractivity (Wildman–Crippen MR) is 115 cm³/mol. The molecule has 0 saturated heterocycles. The van der Waals surface area contributed by atoms with E-state index in [-0.39, 0.29) is 10.8 Å². The Kier molecular flexibility index (Phi) is 19.7. The Morgan fingerprint density at radius 1 is 0.741 bits per heavy atom. The molecule has 0 saturated carbocycles. The Morgan fingerprint density at radius 2 is 1.11 bits per heavy atom. The van der Waals surface area contributed by atoms with Crippen LogP contribution in [0.4, 0.5) is 0 Å². The van der Waals surface area contributed by atoms with Crippen molar-refractivity contribution in [1.82, 2.24) is 0 Å². The number of hydrogen-bond donors (Lipinski definition) is 1. The maximum absolute atomic E-state index is 11.2. The maximum atomic E-state index is 11.2. The number of carboxylic acids is 1. The van der Waals surface area contributed by atoms with Gasteiger partial charge in [-0.05, 0) is 19.8 Å². The molecular formula is C22H41BrO4. The summed E-state index contributed by atoms with van der Waals surface area (Å²) in [5.74, 6) is -0.799. The Bertz CT molecular complexity index is 360. The molecule has 1 unspecified atom stereocenters. The summed E-state index contributed by atoms with van der Waals surface area (Å²) < 4.78 is 4.92. The van der Waals surface area contributed by atoms with E-state index in [1.54, 1.807) is 0 Å². The molecule has 0 aliphatic rings. The summed E-state index contributed by atoms with van der Waals surface area (Å²) >= 11 is 3.18. The first kappa shape index (κ1) is 26.4. The highest BCUT2D eigenvalue weighted by molar-refractivity contribution is 9.10. The molecule has 5 heteroatoms. The Balaban J connectivity index is 3.11. The molecule has 0 rings (SSSR count). The second-order valence-electron chi connectivity index (χ2n) is 7.45. The van der Waals surface area contributed by atoms with Gasteiger partial charge in [0.05, 0.1) is 6.61 Å². The highest BCUT2D eigenvalue weighted by atomic mass is 79.9. The minimum atomic E-state index is -0.746. The van der Waals surface area contributed by atoms with Crippen LogP contribution in [0.2, 0.25) is 0 Å². The normalized spacial score (nSPS) is 12.1. The summed E-state index contributed by atoms with van der Waals surface area (Å²) in [6, 6.07) is 0. The van der Waals surface area contributed by atoms with Gasteiger partial charge >= 0.3 is 11.9 Å². The predicted octanol–water partition coefficient (Wildman–Crippen LogP) is 7.03. The number of carbonyl (C=O) groups is 2. The molecule has 0 aromatic heterocycles. The fourth-order valence-corrected chi connectivity index (χ4v) is 3.57. The van der Waals surface area contributed by atoms with Gasteiger partial charge in [-0.1, -0.05) is 106 Å². The van der Waals surface area contributed by atoms with E-state index in [1.165, 1.54) is 70.6 Å². The first-order chi connectivity index (χ1) is 13.1. The first-order valence-corrected chi connectivity index (χ1v) is 12.0. The minimum Gasteiger partial charge on any atom is -0.480 e. The van der Waals surface area contributed by atoms with E-state index < -0.39 is 5.97 Å². The van der Waals surface area contributed by atoms with Crippen molar-refractivity contribution in [2.24, 2.45) is 0 Å². The van der Waals surface area contributed by atoms with Gasteiger partial charge in [0.2, 0.25) is 0 Å². The molecule has 1 atom stereocenters. The monoisotopic (exact) mass is 448 g/mol. The van der Waals surface area contributed by atoms with Gasteiger partial charge in [-0.2, -0.15) is 0 Å². The van der Waals surface area contributed by atoms with Crippen LogP contribution in [0, 0.1) is 0 Å². The van der Waals surface area contributed by atoms with E-state index in [0.717, 1.165) is 32.1 Å². The largest absolute Gasteiger partial charge is 0.480 e. The molecule has 0 amide bonds. The van der Waals surface area contributed by atoms with E-state index in [4.69, 9.17) is 9.84 Å². The van der Waals surface area contributed by atoms with Gasteiger partial charge in [0.15, 0.2) is 0 Å². The number of esters is 1. The molecule has 160 valence electrons. The van der Waals surface area contributed by atoms with Crippen molar-refractivity contribution in [3.8, 4) is 0 Å². The van der Waals surface area contributed by atoms with E-state index in [0.29, 0.717) is 13.0 Å². The van der Waals surface area contributed by atoms with E-state index >= 15 is 0 Å². The number of carboxylic acid groups (broad SMARTS) is 1. The Hall–Kier alpha value is -0.580.